The molecule has 0 radical (unpaired) electrons. The van der Waals surface area contributed by atoms with Gasteiger partial charge in [-0.2, -0.15) is 5.10 Å². The molecule has 0 saturated carbocycles. The Morgan fingerprint density at radius 1 is 1.12 bits per heavy atom. The van der Waals surface area contributed by atoms with E-state index >= 15 is 0 Å². The number of para-hydroxylation sites is 1. The number of rotatable bonds is 3. The number of amides is 2. The summed E-state index contributed by atoms with van der Waals surface area (Å²) in [7, 11) is 0. The first-order chi connectivity index (χ1) is 16.5. The number of ether oxygens (including phenoxy) is 1. The zero-order valence-corrected chi connectivity index (χ0v) is 20.5. The summed E-state index contributed by atoms with van der Waals surface area (Å²) in [5, 5.41) is 7.47. The number of aromatic nitrogens is 3. The molecule has 0 atom stereocenters. The summed E-state index contributed by atoms with van der Waals surface area (Å²) in [6.45, 7) is 6.52. The molecule has 184 valence electrons. The number of piperidine rings is 1. The second kappa shape index (κ2) is 11.0. The third kappa shape index (κ3) is 5.77. The van der Waals surface area contributed by atoms with E-state index in [0.717, 1.165) is 49.5 Å². The first-order valence-electron chi connectivity index (χ1n) is 12.6. The van der Waals surface area contributed by atoms with Crippen LogP contribution in [0.2, 0.25) is 0 Å². The fourth-order valence-electron chi connectivity index (χ4n) is 5.23. The number of carbonyl (C=O) groups excluding carboxylic acids is 2. The van der Waals surface area contributed by atoms with E-state index in [9.17, 15) is 9.59 Å². The van der Waals surface area contributed by atoms with E-state index in [4.69, 9.17) is 4.74 Å². The van der Waals surface area contributed by atoms with Crippen LogP contribution in [0.1, 0.15) is 62.2 Å². The molecule has 3 heterocycles. The standard InChI is InChI=1S/C26H37N5O3/c1-20-28-21(2)31(29-20)16-11-24(32)30-17-13-26(14-18-30)12-7-3-4-8-22-9-5-6-10-23(22)34-19-15-27-25(26)33/h5-6,9-10H,3-4,7-8,11-19H2,1-2H3,(H,27,33). The molecule has 2 aliphatic heterocycles. The normalized spacial score (nSPS) is 19.2. The van der Waals surface area contributed by atoms with Crippen LogP contribution in [0.5, 0.6) is 5.75 Å². The zero-order valence-electron chi connectivity index (χ0n) is 20.5. The van der Waals surface area contributed by atoms with Crippen molar-refractivity contribution in [1.29, 1.82) is 0 Å². The van der Waals surface area contributed by atoms with Gasteiger partial charge in [-0.15, -0.1) is 0 Å². The van der Waals surface area contributed by atoms with E-state index in [2.05, 4.69) is 27.5 Å². The van der Waals surface area contributed by atoms with Crippen molar-refractivity contribution in [1.82, 2.24) is 25.0 Å². The quantitative estimate of drug-likeness (QED) is 0.749. The van der Waals surface area contributed by atoms with E-state index in [1.807, 2.05) is 30.9 Å². The number of hydrogen-bond acceptors (Lipinski definition) is 5. The summed E-state index contributed by atoms with van der Waals surface area (Å²) in [5.74, 6) is 2.72. The lowest BCUT2D eigenvalue weighted by Crippen LogP contribution is -2.50. The van der Waals surface area contributed by atoms with Gasteiger partial charge in [0.15, 0.2) is 0 Å². The van der Waals surface area contributed by atoms with Crippen LogP contribution in [0, 0.1) is 19.3 Å². The van der Waals surface area contributed by atoms with Gasteiger partial charge in [0.2, 0.25) is 11.8 Å². The predicted molar refractivity (Wildman–Crippen MR) is 129 cm³/mol. The van der Waals surface area contributed by atoms with Crippen LogP contribution in [-0.2, 0) is 22.6 Å². The summed E-state index contributed by atoms with van der Waals surface area (Å²) >= 11 is 0. The second-order valence-corrected chi connectivity index (χ2v) is 9.61. The molecule has 1 N–H and O–H groups in total. The van der Waals surface area contributed by atoms with Gasteiger partial charge in [0.1, 0.15) is 24.0 Å². The van der Waals surface area contributed by atoms with E-state index in [1.54, 1.807) is 4.68 Å². The molecule has 2 amide bonds. The van der Waals surface area contributed by atoms with Gasteiger partial charge >= 0.3 is 0 Å². The third-order valence-electron chi connectivity index (χ3n) is 7.27. The minimum absolute atomic E-state index is 0.115. The van der Waals surface area contributed by atoms with Crippen LogP contribution in [0.25, 0.3) is 0 Å². The molecule has 0 bridgehead atoms. The molecule has 1 aromatic heterocycles. The average molecular weight is 468 g/mol. The Kier molecular flexibility index (Phi) is 7.85. The maximum absolute atomic E-state index is 13.3. The highest BCUT2D eigenvalue weighted by Gasteiger charge is 2.41. The number of carbonyl (C=O) groups is 2. The van der Waals surface area contributed by atoms with Crippen LogP contribution in [0.15, 0.2) is 24.3 Å². The lowest BCUT2D eigenvalue weighted by atomic mass is 9.73. The highest BCUT2D eigenvalue weighted by Crippen LogP contribution is 2.37. The molecule has 0 aliphatic carbocycles. The molecule has 2 aliphatic rings. The molecule has 1 saturated heterocycles. The maximum Gasteiger partial charge on any atom is 0.226 e. The highest BCUT2D eigenvalue weighted by molar-refractivity contribution is 5.83. The number of benzene rings is 1. The molecular weight excluding hydrogens is 430 g/mol. The number of aryl methyl sites for hydroxylation is 4. The minimum Gasteiger partial charge on any atom is -0.491 e. The molecule has 8 heteroatoms. The SMILES string of the molecule is Cc1nc(C)n(CCC(=O)N2CCC3(CCCCCc4ccccc4OCCNC3=O)CC2)n1. The van der Waals surface area contributed by atoms with Crippen LogP contribution < -0.4 is 10.1 Å². The zero-order chi connectivity index (χ0) is 24.0. The molecule has 0 unspecified atom stereocenters. The van der Waals surface area contributed by atoms with Crippen LogP contribution in [0.3, 0.4) is 0 Å². The van der Waals surface area contributed by atoms with Crippen LogP contribution >= 0.6 is 0 Å². The number of fused-ring (bicyclic) bond motifs is 1. The number of hydrogen-bond donors (Lipinski definition) is 1. The summed E-state index contributed by atoms with van der Waals surface area (Å²) in [5.41, 5.74) is 0.850. The second-order valence-electron chi connectivity index (χ2n) is 9.61. The molecule has 1 aromatic carbocycles. The first-order valence-corrected chi connectivity index (χ1v) is 12.6. The Morgan fingerprint density at radius 2 is 1.91 bits per heavy atom. The Labute approximate surface area is 202 Å². The number of likely N-dealkylation sites (tertiary alicyclic amines) is 1. The summed E-state index contributed by atoms with van der Waals surface area (Å²) in [6.07, 6.45) is 6.90. The van der Waals surface area contributed by atoms with Gasteiger partial charge in [0.05, 0.1) is 18.5 Å². The third-order valence-corrected chi connectivity index (χ3v) is 7.27. The minimum atomic E-state index is -0.392. The summed E-state index contributed by atoms with van der Waals surface area (Å²) in [4.78, 5) is 32.3. The van der Waals surface area contributed by atoms with Crippen molar-refractivity contribution < 1.29 is 14.3 Å². The fourth-order valence-corrected chi connectivity index (χ4v) is 5.23. The number of nitrogens with zero attached hydrogens (tertiary/aromatic N) is 4. The van der Waals surface area contributed by atoms with E-state index < -0.39 is 5.41 Å². The fraction of sp³-hybridized carbons (Fsp3) is 0.615. The van der Waals surface area contributed by atoms with Crippen molar-refractivity contribution in [3.05, 3.63) is 41.5 Å². The molecule has 8 nitrogen and oxygen atoms in total. The molecular formula is C26H37N5O3. The smallest absolute Gasteiger partial charge is 0.226 e. The summed E-state index contributed by atoms with van der Waals surface area (Å²) < 4.78 is 7.76. The van der Waals surface area contributed by atoms with Gasteiger partial charge in [-0.25, -0.2) is 9.67 Å². The van der Waals surface area contributed by atoms with Gasteiger partial charge in [0.25, 0.3) is 0 Å². The van der Waals surface area contributed by atoms with Crippen molar-refractivity contribution in [2.24, 2.45) is 5.41 Å². The van der Waals surface area contributed by atoms with Crippen molar-refractivity contribution in [3.63, 3.8) is 0 Å². The largest absolute Gasteiger partial charge is 0.491 e. The maximum atomic E-state index is 13.3. The monoisotopic (exact) mass is 467 g/mol. The molecule has 4 rings (SSSR count). The van der Waals surface area contributed by atoms with Crippen LogP contribution in [-0.4, -0.2) is 57.7 Å². The molecule has 34 heavy (non-hydrogen) atoms. The Balaban J connectivity index is 1.33. The van der Waals surface area contributed by atoms with Gasteiger partial charge in [-0.3, -0.25) is 9.59 Å². The van der Waals surface area contributed by atoms with Crippen molar-refractivity contribution in [2.75, 3.05) is 26.2 Å². The summed E-state index contributed by atoms with van der Waals surface area (Å²) in [6, 6.07) is 8.19. The lowest BCUT2D eigenvalue weighted by molar-refractivity contribution is -0.141. The van der Waals surface area contributed by atoms with Crippen molar-refractivity contribution in [2.45, 2.75) is 71.8 Å². The van der Waals surface area contributed by atoms with E-state index in [1.165, 1.54) is 5.56 Å². The topological polar surface area (TPSA) is 89.4 Å². The first kappa shape index (κ1) is 24.2. The molecule has 2 aromatic rings. The van der Waals surface area contributed by atoms with Crippen molar-refractivity contribution >= 4 is 11.8 Å². The lowest BCUT2D eigenvalue weighted by Gasteiger charge is -2.41. The van der Waals surface area contributed by atoms with Gasteiger partial charge in [-0.05, 0) is 57.6 Å². The molecule has 1 fully saturated rings. The van der Waals surface area contributed by atoms with Gasteiger partial charge < -0.3 is 15.0 Å². The van der Waals surface area contributed by atoms with E-state index in [0.29, 0.717) is 52.0 Å². The van der Waals surface area contributed by atoms with Crippen LogP contribution in [0.4, 0.5) is 0 Å². The Bertz CT molecular complexity index is 994. The predicted octanol–water partition coefficient (Wildman–Crippen LogP) is 3.21. The van der Waals surface area contributed by atoms with Gasteiger partial charge in [-0.1, -0.05) is 31.0 Å². The highest BCUT2D eigenvalue weighted by atomic mass is 16.5. The average Bonchev–Trinajstić information content (AvgIpc) is 3.17. The Morgan fingerprint density at radius 3 is 2.68 bits per heavy atom. The number of nitrogens with one attached hydrogen (secondary N) is 1. The van der Waals surface area contributed by atoms with Gasteiger partial charge in [0, 0.05) is 19.5 Å². The van der Waals surface area contributed by atoms with E-state index in [-0.39, 0.29) is 11.8 Å². The Hall–Kier alpha value is -2.90. The van der Waals surface area contributed by atoms with Crippen molar-refractivity contribution in [3.8, 4) is 5.75 Å². The molecule has 1 spiro atoms.